The molecule has 0 saturated heterocycles. The van der Waals surface area contributed by atoms with Gasteiger partial charge in [-0.1, -0.05) is 12.1 Å². The maximum absolute atomic E-state index is 4.13. The lowest BCUT2D eigenvalue weighted by molar-refractivity contribution is -0.658. The van der Waals surface area contributed by atoms with E-state index in [1.165, 1.54) is 0 Å². The number of pyridine rings is 2. The van der Waals surface area contributed by atoms with E-state index in [9.17, 15) is 0 Å². The number of azo groups is 1. The Kier molecular flexibility index (Phi) is 6.13. The highest BCUT2D eigenvalue weighted by Gasteiger charge is 2.03. The highest BCUT2D eigenvalue weighted by molar-refractivity contribution is 5.79. The summed E-state index contributed by atoms with van der Waals surface area (Å²) >= 11 is 0. The van der Waals surface area contributed by atoms with Gasteiger partial charge in [0.05, 0.1) is 18.4 Å². The Hall–Kier alpha value is -2.63. The summed E-state index contributed by atoms with van der Waals surface area (Å²) in [7, 11) is 3.82. The van der Waals surface area contributed by atoms with Gasteiger partial charge in [-0.25, -0.2) is 4.57 Å². The summed E-state index contributed by atoms with van der Waals surface area (Å²) in [6.07, 6.45) is 3.82. The normalized spacial score (nSPS) is 12.5. The van der Waals surface area contributed by atoms with E-state index in [-0.39, 0.29) is 7.43 Å². The molecule has 0 aliphatic heterocycles. The lowest BCUT2D eigenvalue weighted by Crippen LogP contribution is -2.26. The molecule has 21 heavy (non-hydrogen) atoms. The van der Waals surface area contributed by atoms with Crippen molar-refractivity contribution in [2.75, 3.05) is 0 Å². The number of hydrogen-bond donors (Lipinski definition) is 0. The van der Waals surface area contributed by atoms with E-state index >= 15 is 0 Å². The fraction of sp³-hybridized carbons (Fsp3) is 0.200. The van der Waals surface area contributed by atoms with Gasteiger partial charge in [-0.2, -0.15) is 0 Å². The van der Waals surface area contributed by atoms with Crippen LogP contribution in [0.15, 0.2) is 69.2 Å². The zero-order valence-electron chi connectivity index (χ0n) is 12.8. The topological polar surface area (TPSA) is 58.2 Å². The number of hydrogen-bond acceptors (Lipinski definition) is 3. The Bertz CT molecular complexity index is 712. The molecule has 2 aromatic heterocycles. The van der Waals surface area contributed by atoms with Crippen LogP contribution in [0.3, 0.4) is 0 Å². The third kappa shape index (κ3) is 4.76. The molecular weight excluding hydrogens is 264 g/mol. The summed E-state index contributed by atoms with van der Waals surface area (Å²) in [5.41, 5.74) is 0.757. The molecule has 0 aliphatic carbocycles. The van der Waals surface area contributed by atoms with Crippen LogP contribution in [-0.4, -0.2) is 10.4 Å². The molecular formula is C15H20N6. The largest absolute Gasteiger partial charge is 0.358 e. The van der Waals surface area contributed by atoms with Crippen molar-refractivity contribution in [3.05, 3.63) is 61.7 Å². The first-order valence-corrected chi connectivity index (χ1v) is 6.23. The van der Waals surface area contributed by atoms with Crippen LogP contribution in [-0.2, 0) is 14.1 Å². The van der Waals surface area contributed by atoms with Gasteiger partial charge in [0, 0.05) is 26.2 Å². The maximum atomic E-state index is 4.13. The Labute approximate surface area is 124 Å². The number of nitrogens with zero attached hydrogens (tertiary/aromatic N) is 6. The first-order valence-electron chi connectivity index (χ1n) is 6.23. The molecule has 2 rings (SSSR count). The predicted molar refractivity (Wildman–Crippen MR) is 82.6 cm³/mol. The average Bonchev–Trinajstić information content (AvgIpc) is 2.45. The van der Waals surface area contributed by atoms with Crippen LogP contribution in [0.5, 0.6) is 0 Å². The Balaban J connectivity index is 0.00000220. The van der Waals surface area contributed by atoms with Gasteiger partial charge in [0.15, 0.2) is 11.3 Å². The first-order chi connectivity index (χ1) is 9.66. The van der Waals surface area contributed by atoms with Gasteiger partial charge in [-0.05, 0) is 23.3 Å². The van der Waals surface area contributed by atoms with E-state index in [0.29, 0.717) is 5.84 Å². The molecule has 0 spiro atoms. The third-order valence-corrected chi connectivity index (χ3v) is 2.65. The van der Waals surface area contributed by atoms with Gasteiger partial charge >= 0.3 is 5.82 Å². The maximum Gasteiger partial charge on any atom is 0.350 e. The molecule has 0 aliphatic rings. The van der Waals surface area contributed by atoms with Crippen molar-refractivity contribution in [2.24, 2.45) is 34.5 Å². The Morgan fingerprint density at radius 2 is 1.90 bits per heavy atom. The highest BCUT2D eigenvalue weighted by Crippen LogP contribution is 2.03. The minimum absolute atomic E-state index is 0. The quantitative estimate of drug-likeness (QED) is 0.203. The minimum atomic E-state index is 0. The molecule has 6 nitrogen and oxygen atoms in total. The number of rotatable bonds is 2. The van der Waals surface area contributed by atoms with Gasteiger partial charge < -0.3 is 12.0 Å². The average molecular weight is 284 g/mol. The van der Waals surface area contributed by atoms with Gasteiger partial charge in [0.25, 0.3) is 0 Å². The van der Waals surface area contributed by atoms with Crippen molar-refractivity contribution in [1.82, 2.24) is 4.57 Å². The van der Waals surface area contributed by atoms with Crippen LogP contribution in [0, 0.1) is 7.43 Å². The molecule has 0 bridgehead atoms. The number of amidine groups is 1. The van der Waals surface area contributed by atoms with Crippen LogP contribution in [0.4, 0.5) is 5.82 Å². The van der Waals surface area contributed by atoms with Crippen LogP contribution >= 0.6 is 0 Å². The van der Waals surface area contributed by atoms with Crippen LogP contribution in [0.1, 0.15) is 6.92 Å². The molecule has 0 amide bonds. The standard InChI is InChI=1S/C14H17N6.CH3/c1-12(15-17-13-8-4-6-10-19(13)2)16-18-14-9-5-7-11-20(14)3;/h4-11H,1-3H3;1H3/q+1;-1. The summed E-state index contributed by atoms with van der Waals surface area (Å²) in [6.45, 7) is 1.76. The third-order valence-electron chi connectivity index (χ3n) is 2.65. The minimum Gasteiger partial charge on any atom is -0.358 e. The molecule has 0 radical (unpaired) electrons. The fourth-order valence-corrected chi connectivity index (χ4v) is 1.50. The van der Waals surface area contributed by atoms with E-state index in [2.05, 4.69) is 20.4 Å². The fourth-order valence-electron chi connectivity index (χ4n) is 1.50. The van der Waals surface area contributed by atoms with Gasteiger partial charge in [-0.15, -0.1) is 10.2 Å². The monoisotopic (exact) mass is 284 g/mol. The molecule has 0 fully saturated rings. The molecule has 0 N–H and O–H groups in total. The lowest BCUT2D eigenvalue weighted by Gasteiger charge is -1.94. The second-order valence-corrected chi connectivity index (χ2v) is 4.29. The van der Waals surface area contributed by atoms with E-state index in [1.807, 2.05) is 72.0 Å². The lowest BCUT2D eigenvalue weighted by atomic mass is 10.4. The second kappa shape index (κ2) is 7.84. The van der Waals surface area contributed by atoms with Crippen molar-refractivity contribution in [3.8, 4) is 0 Å². The Morgan fingerprint density at radius 1 is 1.14 bits per heavy atom. The van der Waals surface area contributed by atoms with E-state index < -0.39 is 0 Å². The van der Waals surface area contributed by atoms with Crippen molar-refractivity contribution in [2.45, 2.75) is 6.92 Å². The van der Waals surface area contributed by atoms with Crippen LogP contribution in [0.2, 0.25) is 0 Å². The van der Waals surface area contributed by atoms with E-state index in [0.717, 1.165) is 11.3 Å². The smallest absolute Gasteiger partial charge is 0.350 e. The van der Waals surface area contributed by atoms with Crippen molar-refractivity contribution in [3.63, 3.8) is 0 Å². The van der Waals surface area contributed by atoms with Crippen molar-refractivity contribution < 1.29 is 4.57 Å². The molecule has 2 heterocycles. The molecule has 0 saturated carbocycles. The summed E-state index contributed by atoms with van der Waals surface area (Å²) in [6, 6.07) is 11.5. The predicted octanol–water partition coefficient (Wildman–Crippen LogP) is 2.32. The van der Waals surface area contributed by atoms with Gasteiger partial charge in [0.1, 0.15) is 0 Å². The highest BCUT2D eigenvalue weighted by atomic mass is 15.3. The molecule has 0 atom stereocenters. The molecule has 2 aromatic rings. The van der Waals surface area contributed by atoms with E-state index in [4.69, 9.17) is 0 Å². The summed E-state index contributed by atoms with van der Waals surface area (Å²) < 4.78 is 3.76. The van der Waals surface area contributed by atoms with Crippen molar-refractivity contribution in [1.29, 1.82) is 0 Å². The molecule has 0 unspecified atom stereocenters. The number of aromatic nitrogens is 2. The number of aryl methyl sites for hydroxylation is 2. The second-order valence-electron chi connectivity index (χ2n) is 4.29. The molecule has 0 aromatic carbocycles. The summed E-state index contributed by atoms with van der Waals surface area (Å²) in [5, 5.41) is 16.4. The van der Waals surface area contributed by atoms with E-state index in [1.54, 1.807) is 6.92 Å². The summed E-state index contributed by atoms with van der Waals surface area (Å²) in [5.74, 6) is 1.25. The Morgan fingerprint density at radius 3 is 2.62 bits per heavy atom. The molecule has 6 heteroatoms. The molecule has 110 valence electrons. The SMILES string of the molecule is C/C(N=Nc1cccc[n+]1C)=N\N=c1/ccccn1C.[CH3-]. The first kappa shape index (κ1) is 16.4. The summed E-state index contributed by atoms with van der Waals surface area (Å²) in [4.78, 5) is 0. The van der Waals surface area contributed by atoms with Gasteiger partial charge in [-0.3, -0.25) is 0 Å². The zero-order valence-corrected chi connectivity index (χ0v) is 12.8. The van der Waals surface area contributed by atoms with Crippen LogP contribution in [0.25, 0.3) is 0 Å². The van der Waals surface area contributed by atoms with Crippen molar-refractivity contribution >= 4 is 11.7 Å². The van der Waals surface area contributed by atoms with Crippen LogP contribution < -0.4 is 10.1 Å². The zero-order chi connectivity index (χ0) is 14.4. The van der Waals surface area contributed by atoms with Gasteiger partial charge in [0.2, 0.25) is 0 Å².